The highest BCUT2D eigenvalue weighted by Crippen LogP contribution is 2.30. The van der Waals surface area contributed by atoms with E-state index in [0.717, 1.165) is 5.56 Å². The van der Waals surface area contributed by atoms with E-state index >= 15 is 0 Å². The second-order valence-corrected chi connectivity index (χ2v) is 4.81. The molecule has 0 aliphatic heterocycles. The SMILES string of the molecule is O=C(Oc1ccccc1)Oc1cccc(-c2ccccc2O)c1. The van der Waals surface area contributed by atoms with E-state index in [-0.39, 0.29) is 5.75 Å². The normalized spacial score (nSPS) is 10.1. The van der Waals surface area contributed by atoms with Crippen molar-refractivity contribution in [2.45, 2.75) is 0 Å². The zero-order valence-electron chi connectivity index (χ0n) is 12.2. The lowest BCUT2D eigenvalue weighted by Gasteiger charge is -2.08. The summed E-state index contributed by atoms with van der Waals surface area (Å²) in [4.78, 5) is 11.8. The van der Waals surface area contributed by atoms with Gasteiger partial charge in [-0.1, -0.05) is 48.5 Å². The first-order valence-corrected chi connectivity index (χ1v) is 7.05. The van der Waals surface area contributed by atoms with Crippen LogP contribution in [0.25, 0.3) is 11.1 Å². The lowest BCUT2D eigenvalue weighted by molar-refractivity contribution is 0.152. The monoisotopic (exact) mass is 306 g/mol. The Morgan fingerprint density at radius 1 is 0.739 bits per heavy atom. The van der Waals surface area contributed by atoms with Gasteiger partial charge in [-0.3, -0.25) is 0 Å². The van der Waals surface area contributed by atoms with Gasteiger partial charge < -0.3 is 14.6 Å². The topological polar surface area (TPSA) is 55.8 Å². The lowest BCUT2D eigenvalue weighted by Crippen LogP contribution is -2.13. The third-order valence-corrected chi connectivity index (χ3v) is 3.19. The van der Waals surface area contributed by atoms with Gasteiger partial charge in [-0.25, -0.2) is 4.79 Å². The second kappa shape index (κ2) is 6.66. The van der Waals surface area contributed by atoms with Crippen LogP contribution < -0.4 is 9.47 Å². The van der Waals surface area contributed by atoms with Gasteiger partial charge in [-0.05, 0) is 35.9 Å². The summed E-state index contributed by atoms with van der Waals surface area (Å²) in [5, 5.41) is 9.90. The largest absolute Gasteiger partial charge is 0.519 e. The molecule has 0 unspecified atom stereocenters. The van der Waals surface area contributed by atoms with Crippen molar-refractivity contribution in [3.63, 3.8) is 0 Å². The van der Waals surface area contributed by atoms with Gasteiger partial charge >= 0.3 is 6.16 Å². The Morgan fingerprint density at radius 3 is 2.17 bits per heavy atom. The summed E-state index contributed by atoms with van der Waals surface area (Å²) in [6.45, 7) is 0. The second-order valence-electron chi connectivity index (χ2n) is 4.81. The molecule has 0 saturated heterocycles. The number of phenols is 1. The van der Waals surface area contributed by atoms with E-state index in [1.54, 1.807) is 60.7 Å². The van der Waals surface area contributed by atoms with E-state index in [1.807, 2.05) is 18.2 Å². The van der Waals surface area contributed by atoms with Crippen LogP contribution in [0.5, 0.6) is 17.2 Å². The van der Waals surface area contributed by atoms with Crippen LogP contribution in [0.4, 0.5) is 4.79 Å². The van der Waals surface area contributed by atoms with Gasteiger partial charge in [0.25, 0.3) is 0 Å². The molecule has 114 valence electrons. The average Bonchev–Trinajstić information content (AvgIpc) is 2.56. The predicted molar refractivity (Wildman–Crippen MR) is 86.6 cm³/mol. The van der Waals surface area contributed by atoms with Crippen molar-refractivity contribution in [3.05, 3.63) is 78.9 Å². The molecule has 3 rings (SSSR count). The highest BCUT2D eigenvalue weighted by atomic mass is 16.7. The minimum Gasteiger partial charge on any atom is -0.507 e. The van der Waals surface area contributed by atoms with Gasteiger partial charge in [-0.15, -0.1) is 0 Å². The van der Waals surface area contributed by atoms with E-state index < -0.39 is 6.16 Å². The van der Waals surface area contributed by atoms with Gasteiger partial charge in [0.05, 0.1) is 0 Å². The molecule has 3 aromatic rings. The number of rotatable bonds is 3. The highest BCUT2D eigenvalue weighted by Gasteiger charge is 2.09. The van der Waals surface area contributed by atoms with Crippen LogP contribution in [0.1, 0.15) is 0 Å². The van der Waals surface area contributed by atoms with E-state index in [4.69, 9.17) is 9.47 Å². The van der Waals surface area contributed by atoms with Crippen LogP contribution in [0.3, 0.4) is 0 Å². The highest BCUT2D eigenvalue weighted by molar-refractivity contribution is 5.73. The Labute approximate surface area is 133 Å². The van der Waals surface area contributed by atoms with Gasteiger partial charge in [0.2, 0.25) is 0 Å². The number of ether oxygens (including phenoxy) is 2. The molecular weight excluding hydrogens is 292 g/mol. The Hall–Kier alpha value is -3.27. The number of hydrogen-bond acceptors (Lipinski definition) is 4. The van der Waals surface area contributed by atoms with Gasteiger partial charge in [-0.2, -0.15) is 0 Å². The summed E-state index contributed by atoms with van der Waals surface area (Å²) >= 11 is 0. The smallest absolute Gasteiger partial charge is 0.507 e. The van der Waals surface area contributed by atoms with E-state index in [1.165, 1.54) is 0 Å². The van der Waals surface area contributed by atoms with Crippen LogP contribution in [-0.4, -0.2) is 11.3 Å². The zero-order valence-corrected chi connectivity index (χ0v) is 12.2. The fraction of sp³-hybridized carbons (Fsp3) is 0. The van der Waals surface area contributed by atoms with E-state index in [0.29, 0.717) is 17.1 Å². The molecule has 0 fully saturated rings. The van der Waals surface area contributed by atoms with Crippen molar-refractivity contribution >= 4 is 6.16 Å². The number of benzene rings is 3. The molecule has 3 aromatic carbocycles. The van der Waals surface area contributed by atoms with Crippen molar-refractivity contribution in [2.75, 3.05) is 0 Å². The lowest BCUT2D eigenvalue weighted by atomic mass is 10.0. The Morgan fingerprint density at radius 2 is 1.39 bits per heavy atom. The number of carbonyl (C=O) groups is 1. The molecule has 0 aliphatic carbocycles. The number of carbonyl (C=O) groups excluding carboxylic acids is 1. The maximum atomic E-state index is 11.8. The molecule has 0 aromatic heterocycles. The summed E-state index contributed by atoms with van der Waals surface area (Å²) in [6.07, 6.45) is -0.814. The van der Waals surface area contributed by atoms with Crippen molar-refractivity contribution in [3.8, 4) is 28.4 Å². The molecule has 0 heterocycles. The molecule has 0 aliphatic rings. The Kier molecular flexibility index (Phi) is 4.25. The molecular formula is C19H14O4. The van der Waals surface area contributed by atoms with Gasteiger partial charge in [0.1, 0.15) is 17.2 Å². The summed E-state index contributed by atoms with van der Waals surface area (Å²) in [5.74, 6) is 0.914. The molecule has 1 N–H and O–H groups in total. The van der Waals surface area contributed by atoms with Crippen LogP contribution >= 0.6 is 0 Å². The number of aromatic hydroxyl groups is 1. The molecule has 23 heavy (non-hydrogen) atoms. The third-order valence-electron chi connectivity index (χ3n) is 3.19. The zero-order chi connectivity index (χ0) is 16.1. The van der Waals surface area contributed by atoms with Crippen LogP contribution in [0, 0.1) is 0 Å². The van der Waals surface area contributed by atoms with Crippen LogP contribution in [0.2, 0.25) is 0 Å². The predicted octanol–water partition coefficient (Wildman–Crippen LogP) is 4.64. The number of phenolic OH excluding ortho intramolecular Hbond substituents is 1. The minimum atomic E-state index is -0.814. The molecule has 0 saturated carbocycles. The molecule has 0 atom stereocenters. The van der Waals surface area contributed by atoms with Gasteiger partial charge in [0.15, 0.2) is 0 Å². The maximum absolute atomic E-state index is 11.8. The van der Waals surface area contributed by atoms with Crippen molar-refractivity contribution in [1.29, 1.82) is 0 Å². The third kappa shape index (κ3) is 3.68. The van der Waals surface area contributed by atoms with Crippen molar-refractivity contribution in [1.82, 2.24) is 0 Å². The molecule has 0 radical (unpaired) electrons. The summed E-state index contributed by atoms with van der Waals surface area (Å²) in [5.41, 5.74) is 1.41. The average molecular weight is 306 g/mol. The Bertz CT molecular complexity index is 812. The fourth-order valence-corrected chi connectivity index (χ4v) is 2.15. The molecule has 0 bridgehead atoms. The Balaban J connectivity index is 1.75. The van der Waals surface area contributed by atoms with Crippen LogP contribution in [-0.2, 0) is 0 Å². The number of hydrogen-bond donors (Lipinski definition) is 1. The summed E-state index contributed by atoms with van der Waals surface area (Å²) in [6, 6.07) is 22.5. The standard InChI is InChI=1S/C19H14O4/c20-18-12-5-4-11-17(18)14-7-6-10-16(13-14)23-19(21)22-15-8-2-1-3-9-15/h1-13,20H. The maximum Gasteiger partial charge on any atom is 0.519 e. The number of para-hydroxylation sites is 2. The van der Waals surface area contributed by atoms with Crippen molar-refractivity contribution < 1.29 is 19.4 Å². The molecule has 4 nitrogen and oxygen atoms in total. The molecule has 4 heteroatoms. The fourth-order valence-electron chi connectivity index (χ4n) is 2.15. The summed E-state index contributed by atoms with van der Waals surface area (Å²) in [7, 11) is 0. The summed E-state index contributed by atoms with van der Waals surface area (Å²) < 4.78 is 10.3. The minimum absolute atomic E-state index is 0.163. The first kappa shape index (κ1) is 14.7. The molecule has 0 spiro atoms. The first-order chi connectivity index (χ1) is 11.2. The molecule has 0 amide bonds. The van der Waals surface area contributed by atoms with E-state index in [2.05, 4.69) is 0 Å². The van der Waals surface area contributed by atoms with Crippen molar-refractivity contribution in [2.24, 2.45) is 0 Å². The van der Waals surface area contributed by atoms with Gasteiger partial charge in [0, 0.05) is 5.56 Å². The first-order valence-electron chi connectivity index (χ1n) is 7.05. The quantitative estimate of drug-likeness (QED) is 0.566. The van der Waals surface area contributed by atoms with E-state index in [9.17, 15) is 9.90 Å². The van der Waals surface area contributed by atoms with Crippen LogP contribution in [0.15, 0.2) is 78.9 Å².